The highest BCUT2D eigenvalue weighted by Crippen LogP contribution is 2.29. The molecule has 0 unspecified atom stereocenters. The van der Waals surface area contributed by atoms with E-state index in [1.807, 2.05) is 12.3 Å². The van der Waals surface area contributed by atoms with Gasteiger partial charge in [0, 0.05) is 22.7 Å². The van der Waals surface area contributed by atoms with Crippen LogP contribution < -0.4 is 5.32 Å². The first-order chi connectivity index (χ1) is 8.74. The Morgan fingerprint density at radius 3 is 3.11 bits per heavy atom. The lowest BCUT2D eigenvalue weighted by molar-refractivity contribution is 0.209. The second-order valence-electron chi connectivity index (χ2n) is 3.76. The lowest BCUT2D eigenvalue weighted by atomic mass is 10.1. The van der Waals surface area contributed by atoms with Crippen LogP contribution in [0.1, 0.15) is 0 Å². The fourth-order valence-corrected chi connectivity index (χ4v) is 1.85. The minimum absolute atomic E-state index is 0.430. The number of hydrogen-bond acceptors (Lipinski definition) is 3. The topological polar surface area (TPSA) is 91.1 Å². The smallest absolute Gasteiger partial charge is 0.409 e. The summed E-state index contributed by atoms with van der Waals surface area (Å²) in [6, 6.07) is 3.56. The maximum Gasteiger partial charge on any atom is 0.409 e. The summed E-state index contributed by atoms with van der Waals surface area (Å²) in [6.45, 7) is 0. The zero-order valence-corrected chi connectivity index (χ0v) is 9.18. The molecule has 0 atom stereocenters. The van der Waals surface area contributed by atoms with E-state index in [1.165, 1.54) is 6.20 Å². The van der Waals surface area contributed by atoms with Gasteiger partial charge in [-0.3, -0.25) is 5.32 Å². The molecule has 0 aromatic carbocycles. The van der Waals surface area contributed by atoms with Crippen LogP contribution in [-0.2, 0) is 0 Å². The molecule has 90 valence electrons. The van der Waals surface area contributed by atoms with Gasteiger partial charge in [-0.05, 0) is 12.1 Å². The van der Waals surface area contributed by atoms with Crippen molar-refractivity contribution in [3.8, 4) is 11.1 Å². The molecule has 6 heteroatoms. The Hall–Kier alpha value is -2.76. The molecule has 1 amide bonds. The van der Waals surface area contributed by atoms with Crippen molar-refractivity contribution >= 4 is 22.8 Å². The highest BCUT2D eigenvalue weighted by Gasteiger charge is 2.09. The molecule has 3 rings (SSSR count). The molecule has 3 aromatic rings. The molecule has 0 aliphatic rings. The van der Waals surface area contributed by atoms with Crippen LogP contribution in [0.3, 0.4) is 0 Å². The van der Waals surface area contributed by atoms with Gasteiger partial charge in [0.1, 0.15) is 5.65 Å². The van der Waals surface area contributed by atoms with Crippen LogP contribution in [0.2, 0.25) is 0 Å². The minimum atomic E-state index is -1.11. The summed E-state index contributed by atoms with van der Waals surface area (Å²) in [5.41, 5.74) is 2.96. The van der Waals surface area contributed by atoms with Gasteiger partial charge in [-0.15, -0.1) is 0 Å². The van der Waals surface area contributed by atoms with Crippen LogP contribution in [-0.4, -0.2) is 21.2 Å². The number of nitrogens with one attached hydrogen (secondary N) is 2. The molecule has 0 saturated heterocycles. The average molecular weight is 243 g/mol. The molecule has 3 N–H and O–H groups in total. The van der Waals surface area contributed by atoms with Crippen molar-refractivity contribution < 1.29 is 14.3 Å². The standard InChI is InChI=1S/C12H9N3O3/c16-12(17)15-8-3-9-10(7-1-2-18-6-7)5-14-11(9)13-4-8/h1-6,15H,(H,13,14)(H,16,17). The first kappa shape index (κ1) is 10.4. The summed E-state index contributed by atoms with van der Waals surface area (Å²) in [5, 5.41) is 11.8. The number of anilines is 1. The quantitative estimate of drug-likeness (QED) is 0.645. The van der Waals surface area contributed by atoms with E-state index >= 15 is 0 Å². The third-order valence-electron chi connectivity index (χ3n) is 2.61. The molecule has 0 bridgehead atoms. The predicted molar refractivity (Wildman–Crippen MR) is 65.4 cm³/mol. The van der Waals surface area contributed by atoms with Crippen molar-refractivity contribution in [2.24, 2.45) is 0 Å². The van der Waals surface area contributed by atoms with E-state index in [1.54, 1.807) is 18.6 Å². The van der Waals surface area contributed by atoms with Gasteiger partial charge >= 0.3 is 6.09 Å². The number of carboxylic acid groups (broad SMARTS) is 1. The monoisotopic (exact) mass is 243 g/mol. The number of furan rings is 1. The van der Waals surface area contributed by atoms with Gasteiger partial charge in [-0.1, -0.05) is 0 Å². The number of rotatable bonds is 2. The summed E-state index contributed by atoms with van der Waals surface area (Å²) < 4.78 is 5.04. The second-order valence-corrected chi connectivity index (χ2v) is 3.76. The highest BCUT2D eigenvalue weighted by molar-refractivity contribution is 5.96. The van der Waals surface area contributed by atoms with E-state index in [4.69, 9.17) is 9.52 Å². The Bertz CT molecular complexity index is 701. The van der Waals surface area contributed by atoms with Gasteiger partial charge in [0.15, 0.2) is 0 Å². The van der Waals surface area contributed by atoms with Crippen LogP contribution in [0.5, 0.6) is 0 Å². The predicted octanol–water partition coefficient (Wildman–Crippen LogP) is 2.91. The summed E-state index contributed by atoms with van der Waals surface area (Å²) >= 11 is 0. The molecule has 6 nitrogen and oxygen atoms in total. The molecule has 3 aromatic heterocycles. The van der Waals surface area contributed by atoms with Gasteiger partial charge in [-0.25, -0.2) is 9.78 Å². The number of H-pyrrole nitrogens is 1. The van der Waals surface area contributed by atoms with Gasteiger partial charge in [0.25, 0.3) is 0 Å². The van der Waals surface area contributed by atoms with Crippen LogP contribution >= 0.6 is 0 Å². The fraction of sp³-hybridized carbons (Fsp3) is 0. The Balaban J connectivity index is 2.13. The lowest BCUT2D eigenvalue weighted by Gasteiger charge is -2.00. The molecular formula is C12H9N3O3. The van der Waals surface area contributed by atoms with Crippen LogP contribution in [0, 0.1) is 0 Å². The summed E-state index contributed by atoms with van der Waals surface area (Å²) in [5.74, 6) is 0. The summed E-state index contributed by atoms with van der Waals surface area (Å²) in [4.78, 5) is 17.8. The van der Waals surface area contributed by atoms with Gasteiger partial charge in [0.2, 0.25) is 0 Å². The Labute approximate surface area is 101 Å². The summed E-state index contributed by atoms with van der Waals surface area (Å²) in [6.07, 6.45) is 5.37. The number of aromatic amines is 1. The number of pyridine rings is 1. The number of aromatic nitrogens is 2. The molecule has 0 aliphatic carbocycles. The Kier molecular flexibility index (Phi) is 2.26. The largest absolute Gasteiger partial charge is 0.472 e. The van der Waals surface area contributed by atoms with Crippen molar-refractivity contribution in [3.05, 3.63) is 37.1 Å². The van der Waals surface area contributed by atoms with Crippen molar-refractivity contribution in [1.82, 2.24) is 9.97 Å². The number of hydrogen-bond donors (Lipinski definition) is 3. The SMILES string of the molecule is O=C(O)Nc1cnc2[nH]cc(-c3ccoc3)c2c1. The maximum absolute atomic E-state index is 10.6. The normalized spacial score (nSPS) is 10.7. The van der Waals surface area contributed by atoms with Crippen molar-refractivity contribution in [1.29, 1.82) is 0 Å². The third kappa shape index (κ3) is 1.69. The second kappa shape index (κ2) is 3.92. The summed E-state index contributed by atoms with van der Waals surface area (Å²) in [7, 11) is 0. The van der Waals surface area contributed by atoms with Crippen molar-refractivity contribution in [2.75, 3.05) is 5.32 Å². The van der Waals surface area contributed by atoms with Gasteiger partial charge < -0.3 is 14.5 Å². The van der Waals surface area contributed by atoms with Crippen molar-refractivity contribution in [3.63, 3.8) is 0 Å². The molecule has 18 heavy (non-hydrogen) atoms. The maximum atomic E-state index is 10.6. The van der Waals surface area contributed by atoms with Gasteiger partial charge in [0.05, 0.1) is 24.4 Å². The molecule has 0 radical (unpaired) electrons. The third-order valence-corrected chi connectivity index (χ3v) is 2.61. The van der Waals surface area contributed by atoms with Crippen molar-refractivity contribution in [2.45, 2.75) is 0 Å². The van der Waals surface area contributed by atoms with Crippen LogP contribution in [0.4, 0.5) is 10.5 Å². The number of carbonyl (C=O) groups is 1. The molecule has 0 fully saturated rings. The molecule has 3 heterocycles. The number of fused-ring (bicyclic) bond motifs is 1. The van der Waals surface area contributed by atoms with E-state index in [0.717, 1.165) is 16.5 Å². The minimum Gasteiger partial charge on any atom is -0.472 e. The molecular weight excluding hydrogens is 234 g/mol. The number of amides is 1. The van der Waals surface area contributed by atoms with Crippen LogP contribution in [0.25, 0.3) is 22.2 Å². The average Bonchev–Trinajstić information content (AvgIpc) is 2.94. The van der Waals surface area contributed by atoms with E-state index in [2.05, 4.69) is 15.3 Å². The Morgan fingerprint density at radius 2 is 2.39 bits per heavy atom. The van der Waals surface area contributed by atoms with E-state index in [9.17, 15) is 4.79 Å². The van der Waals surface area contributed by atoms with Gasteiger partial charge in [-0.2, -0.15) is 0 Å². The van der Waals surface area contributed by atoms with E-state index < -0.39 is 6.09 Å². The van der Waals surface area contributed by atoms with E-state index in [0.29, 0.717) is 11.3 Å². The molecule has 0 aliphatic heterocycles. The first-order valence-corrected chi connectivity index (χ1v) is 5.24. The number of nitrogens with zero attached hydrogens (tertiary/aromatic N) is 1. The Morgan fingerprint density at radius 1 is 1.50 bits per heavy atom. The highest BCUT2D eigenvalue weighted by atomic mass is 16.4. The first-order valence-electron chi connectivity index (χ1n) is 5.24. The zero-order valence-electron chi connectivity index (χ0n) is 9.18. The molecule has 0 saturated carbocycles. The zero-order chi connectivity index (χ0) is 12.5. The lowest BCUT2D eigenvalue weighted by Crippen LogP contribution is -2.07. The molecule has 0 spiro atoms. The van der Waals surface area contributed by atoms with Crippen LogP contribution in [0.15, 0.2) is 41.5 Å². The van der Waals surface area contributed by atoms with E-state index in [-0.39, 0.29) is 0 Å². The fourth-order valence-electron chi connectivity index (χ4n) is 1.85.